The van der Waals surface area contributed by atoms with Gasteiger partial charge in [0.1, 0.15) is 18.1 Å². The number of aliphatic carboxylic acids is 1. The highest BCUT2D eigenvalue weighted by molar-refractivity contribution is 7.98. The third-order valence-electron chi connectivity index (χ3n) is 6.49. The van der Waals surface area contributed by atoms with Gasteiger partial charge in [0.05, 0.1) is 6.04 Å². The molecular formula is C26H42N4O5S. The minimum absolute atomic E-state index is 0.0525. The largest absolute Gasteiger partial charge is 0.480 e. The highest BCUT2D eigenvalue weighted by Crippen LogP contribution is 2.12. The first kappa shape index (κ1) is 31.4. The standard InChI is InChI=1S/C26H42N4O5S/c1-6-16(3)21(27)24(32)30-22(17(4)7-2)25(33)28-19(13-14-36-5)23(31)29-20(26(34)35)15-18-11-9-8-10-12-18/h8-12,16-17,19-22H,6-7,13-15,27H2,1-5H3,(H,28,33)(H,29,31)(H,30,32)(H,34,35). The van der Waals surface area contributed by atoms with Gasteiger partial charge in [-0.15, -0.1) is 0 Å². The van der Waals surface area contributed by atoms with Crippen LogP contribution < -0.4 is 21.7 Å². The van der Waals surface area contributed by atoms with Crippen LogP contribution in [0.1, 0.15) is 52.5 Å². The molecule has 10 heteroatoms. The van der Waals surface area contributed by atoms with Crippen molar-refractivity contribution >= 4 is 35.5 Å². The van der Waals surface area contributed by atoms with E-state index in [0.717, 1.165) is 12.0 Å². The first-order valence-electron chi connectivity index (χ1n) is 12.5. The van der Waals surface area contributed by atoms with Crippen molar-refractivity contribution in [2.24, 2.45) is 17.6 Å². The van der Waals surface area contributed by atoms with Crippen LogP contribution in [0.3, 0.4) is 0 Å². The lowest BCUT2D eigenvalue weighted by molar-refractivity contribution is -0.142. The van der Waals surface area contributed by atoms with Gasteiger partial charge in [0.25, 0.3) is 0 Å². The second kappa shape index (κ2) is 16.2. The molecule has 3 amide bonds. The van der Waals surface area contributed by atoms with Gasteiger partial charge < -0.3 is 26.8 Å². The summed E-state index contributed by atoms with van der Waals surface area (Å²) >= 11 is 1.51. The molecule has 36 heavy (non-hydrogen) atoms. The van der Waals surface area contributed by atoms with Crippen LogP contribution in [0.15, 0.2) is 30.3 Å². The Hall–Kier alpha value is -2.59. The van der Waals surface area contributed by atoms with Gasteiger partial charge in [-0.05, 0) is 35.8 Å². The minimum Gasteiger partial charge on any atom is -0.480 e. The first-order chi connectivity index (χ1) is 17.0. The lowest BCUT2D eigenvalue weighted by Gasteiger charge is -2.28. The smallest absolute Gasteiger partial charge is 0.326 e. The summed E-state index contributed by atoms with van der Waals surface area (Å²) in [6.07, 6.45) is 3.65. The Morgan fingerprint density at radius 2 is 1.47 bits per heavy atom. The minimum atomic E-state index is -1.16. The molecule has 9 nitrogen and oxygen atoms in total. The van der Waals surface area contributed by atoms with Crippen molar-refractivity contribution in [1.29, 1.82) is 0 Å². The van der Waals surface area contributed by atoms with Crippen molar-refractivity contribution in [1.82, 2.24) is 16.0 Å². The Kier molecular flexibility index (Phi) is 14.2. The summed E-state index contributed by atoms with van der Waals surface area (Å²) in [7, 11) is 0. The maximum Gasteiger partial charge on any atom is 0.326 e. The molecule has 0 saturated heterocycles. The number of nitrogens with two attached hydrogens (primary N) is 1. The number of carboxylic acid groups (broad SMARTS) is 1. The van der Waals surface area contributed by atoms with Crippen LogP contribution in [0.5, 0.6) is 0 Å². The van der Waals surface area contributed by atoms with Crippen LogP contribution in [0, 0.1) is 11.8 Å². The van der Waals surface area contributed by atoms with Crippen molar-refractivity contribution in [2.75, 3.05) is 12.0 Å². The number of carboxylic acids is 1. The zero-order chi connectivity index (χ0) is 27.3. The Bertz CT molecular complexity index is 854. The van der Waals surface area contributed by atoms with Crippen LogP contribution in [-0.2, 0) is 25.6 Å². The van der Waals surface area contributed by atoms with Crippen LogP contribution in [0.4, 0.5) is 0 Å². The molecule has 6 N–H and O–H groups in total. The van der Waals surface area contributed by atoms with Gasteiger partial charge in [0, 0.05) is 6.42 Å². The molecule has 0 saturated carbocycles. The van der Waals surface area contributed by atoms with Gasteiger partial charge in [-0.3, -0.25) is 14.4 Å². The third kappa shape index (κ3) is 10.2. The van der Waals surface area contributed by atoms with E-state index in [0.29, 0.717) is 18.6 Å². The van der Waals surface area contributed by atoms with E-state index in [1.54, 1.807) is 24.3 Å². The number of rotatable bonds is 16. The zero-order valence-electron chi connectivity index (χ0n) is 22.0. The summed E-state index contributed by atoms with van der Waals surface area (Å²) in [5.41, 5.74) is 6.83. The number of benzene rings is 1. The Balaban J connectivity index is 3.01. The number of carbonyl (C=O) groups excluding carboxylic acids is 3. The van der Waals surface area contributed by atoms with Crippen molar-refractivity contribution in [3.63, 3.8) is 0 Å². The topological polar surface area (TPSA) is 151 Å². The molecule has 0 fully saturated rings. The summed E-state index contributed by atoms with van der Waals surface area (Å²) < 4.78 is 0. The second-order valence-corrected chi connectivity index (χ2v) is 10.2. The lowest BCUT2D eigenvalue weighted by Crippen LogP contribution is -2.59. The Morgan fingerprint density at radius 1 is 0.889 bits per heavy atom. The monoisotopic (exact) mass is 522 g/mol. The highest BCUT2D eigenvalue weighted by Gasteiger charge is 2.33. The summed E-state index contributed by atoms with van der Waals surface area (Å²) in [6.45, 7) is 7.56. The summed E-state index contributed by atoms with van der Waals surface area (Å²) in [4.78, 5) is 50.9. The normalized spacial score (nSPS) is 16.1. The quantitative estimate of drug-likeness (QED) is 0.223. The predicted molar refractivity (Wildman–Crippen MR) is 143 cm³/mol. The molecule has 0 aliphatic rings. The lowest BCUT2D eigenvalue weighted by atomic mass is 9.95. The molecule has 6 atom stereocenters. The Morgan fingerprint density at radius 3 is 2.00 bits per heavy atom. The van der Waals surface area contributed by atoms with E-state index in [4.69, 9.17) is 5.73 Å². The molecule has 0 heterocycles. The first-order valence-corrected chi connectivity index (χ1v) is 13.9. The number of thioether (sulfide) groups is 1. The number of amides is 3. The summed E-state index contributed by atoms with van der Waals surface area (Å²) in [5, 5.41) is 17.8. The van der Waals surface area contributed by atoms with E-state index >= 15 is 0 Å². The van der Waals surface area contributed by atoms with Crippen LogP contribution >= 0.6 is 11.8 Å². The van der Waals surface area contributed by atoms with Crippen LogP contribution in [-0.4, -0.2) is 65.0 Å². The molecule has 0 bridgehead atoms. The molecule has 1 aromatic carbocycles. The Labute approximate surface area is 218 Å². The highest BCUT2D eigenvalue weighted by atomic mass is 32.2. The molecule has 0 radical (unpaired) electrons. The van der Waals surface area contributed by atoms with E-state index in [1.807, 2.05) is 40.0 Å². The zero-order valence-corrected chi connectivity index (χ0v) is 22.8. The van der Waals surface area contributed by atoms with E-state index in [-0.39, 0.29) is 18.3 Å². The van der Waals surface area contributed by atoms with Crippen LogP contribution in [0.25, 0.3) is 0 Å². The van der Waals surface area contributed by atoms with E-state index < -0.39 is 47.9 Å². The molecular weight excluding hydrogens is 480 g/mol. The fourth-order valence-corrected chi connectivity index (χ4v) is 4.02. The molecule has 0 aliphatic carbocycles. The number of nitrogens with one attached hydrogen (secondary N) is 3. The van der Waals surface area contributed by atoms with E-state index in [9.17, 15) is 24.3 Å². The molecule has 0 aromatic heterocycles. The van der Waals surface area contributed by atoms with Gasteiger partial charge in [-0.1, -0.05) is 70.9 Å². The SMILES string of the molecule is CCC(C)C(N)C(=O)NC(C(=O)NC(CCSC)C(=O)NC(Cc1ccccc1)C(=O)O)C(C)CC. The molecule has 6 unspecified atom stereocenters. The second-order valence-electron chi connectivity index (χ2n) is 9.21. The van der Waals surface area contributed by atoms with E-state index in [2.05, 4.69) is 16.0 Å². The summed E-state index contributed by atoms with van der Waals surface area (Å²) in [5.74, 6) is -2.32. The molecule has 0 aliphatic heterocycles. The van der Waals surface area contributed by atoms with Crippen molar-refractivity contribution < 1.29 is 24.3 Å². The van der Waals surface area contributed by atoms with E-state index in [1.165, 1.54) is 11.8 Å². The molecule has 1 rings (SSSR count). The van der Waals surface area contributed by atoms with Crippen molar-refractivity contribution in [3.05, 3.63) is 35.9 Å². The number of carbonyl (C=O) groups is 4. The van der Waals surface area contributed by atoms with Gasteiger partial charge in [-0.25, -0.2) is 4.79 Å². The molecule has 202 valence electrons. The maximum atomic E-state index is 13.3. The average Bonchev–Trinajstić information content (AvgIpc) is 2.87. The van der Waals surface area contributed by atoms with Crippen molar-refractivity contribution in [2.45, 2.75) is 77.5 Å². The van der Waals surface area contributed by atoms with Gasteiger partial charge in [0.2, 0.25) is 17.7 Å². The fourth-order valence-electron chi connectivity index (χ4n) is 3.55. The van der Waals surface area contributed by atoms with Crippen LogP contribution in [0.2, 0.25) is 0 Å². The number of hydrogen-bond donors (Lipinski definition) is 5. The average molecular weight is 523 g/mol. The molecule has 0 spiro atoms. The van der Waals surface area contributed by atoms with Gasteiger partial charge >= 0.3 is 5.97 Å². The maximum absolute atomic E-state index is 13.3. The molecule has 1 aromatic rings. The fraction of sp³-hybridized carbons (Fsp3) is 0.615. The van der Waals surface area contributed by atoms with Gasteiger partial charge in [0.15, 0.2) is 0 Å². The number of hydrogen-bond acceptors (Lipinski definition) is 6. The van der Waals surface area contributed by atoms with Gasteiger partial charge in [-0.2, -0.15) is 11.8 Å². The van der Waals surface area contributed by atoms with Crippen molar-refractivity contribution in [3.8, 4) is 0 Å². The predicted octanol–water partition coefficient (Wildman–Crippen LogP) is 1.94. The summed E-state index contributed by atoms with van der Waals surface area (Å²) in [6, 6.07) is 5.29. The third-order valence-corrected chi connectivity index (χ3v) is 7.14.